The van der Waals surface area contributed by atoms with E-state index < -0.39 is 21.4 Å². The van der Waals surface area contributed by atoms with Crippen LogP contribution in [0.5, 0.6) is 11.8 Å². The van der Waals surface area contributed by atoms with Crippen LogP contribution in [0.2, 0.25) is 5.02 Å². The summed E-state index contributed by atoms with van der Waals surface area (Å²) in [5.74, 6) is 1.02. The molecule has 2 fully saturated rings. The molecule has 0 unspecified atom stereocenters. The minimum Gasteiger partial charge on any atom is -0.479 e. The Morgan fingerprint density at radius 2 is 1.72 bits per heavy atom. The van der Waals surface area contributed by atoms with E-state index >= 15 is 0 Å². The number of hydrogen-bond acceptors (Lipinski definition) is 12. The fourth-order valence-electron chi connectivity index (χ4n) is 5.05. The minimum atomic E-state index is -4.13. The molecule has 4 heterocycles. The molecule has 3 aromatic heterocycles. The summed E-state index contributed by atoms with van der Waals surface area (Å²) >= 11 is 5.90. The van der Waals surface area contributed by atoms with Gasteiger partial charge in [-0.1, -0.05) is 11.6 Å². The molecule has 1 aliphatic heterocycles. The zero-order valence-electron chi connectivity index (χ0n) is 21.9. The van der Waals surface area contributed by atoms with E-state index in [-0.39, 0.29) is 40.6 Å². The second kappa shape index (κ2) is 10.8. The molecule has 2 aliphatic rings. The van der Waals surface area contributed by atoms with Crippen LogP contribution in [-0.4, -0.2) is 82.9 Å². The molecule has 0 aromatic carbocycles. The largest absolute Gasteiger partial charge is 0.479 e. The third-order valence-corrected chi connectivity index (χ3v) is 9.23. The highest BCUT2D eigenvalue weighted by molar-refractivity contribution is 7.93. The maximum atomic E-state index is 13.7. The van der Waals surface area contributed by atoms with Crippen LogP contribution in [0.15, 0.2) is 18.7 Å². The molecule has 1 spiro atoms. The summed E-state index contributed by atoms with van der Waals surface area (Å²) in [7, 11) is 0.154. The molecule has 14 nitrogen and oxygen atoms in total. The number of aromatic nitrogens is 7. The number of anilines is 1. The maximum Gasteiger partial charge on any atom is 0.245 e. The second-order valence-corrected chi connectivity index (χ2v) is 11.9. The number of rotatable bonds is 10. The van der Waals surface area contributed by atoms with Crippen LogP contribution in [0.1, 0.15) is 49.9 Å². The van der Waals surface area contributed by atoms with E-state index in [0.29, 0.717) is 24.1 Å². The van der Waals surface area contributed by atoms with E-state index in [2.05, 4.69) is 34.9 Å². The highest BCUT2D eigenvalue weighted by atomic mass is 35.5. The van der Waals surface area contributed by atoms with Crippen molar-refractivity contribution in [2.75, 3.05) is 39.3 Å². The van der Waals surface area contributed by atoms with E-state index in [4.69, 9.17) is 30.5 Å². The Balaban J connectivity index is 1.56. The molecule has 3 aromatic rings. The predicted octanol–water partition coefficient (Wildman–Crippen LogP) is 2.32. The Morgan fingerprint density at radius 3 is 2.31 bits per heavy atom. The molecule has 3 atom stereocenters. The highest BCUT2D eigenvalue weighted by Gasteiger charge is 2.57. The van der Waals surface area contributed by atoms with E-state index in [0.717, 1.165) is 19.3 Å². The van der Waals surface area contributed by atoms with E-state index in [1.807, 2.05) is 0 Å². The van der Waals surface area contributed by atoms with Crippen molar-refractivity contribution in [1.82, 2.24) is 34.7 Å². The molecule has 1 aliphatic carbocycles. The number of ether oxygens (including phenoxy) is 4. The average molecular weight is 581 g/mol. The number of halogens is 1. The molecule has 0 bridgehead atoms. The van der Waals surface area contributed by atoms with Gasteiger partial charge in [-0.15, -0.1) is 10.2 Å². The van der Waals surface area contributed by atoms with Crippen LogP contribution in [0.25, 0.3) is 5.69 Å². The predicted molar refractivity (Wildman–Crippen MR) is 139 cm³/mol. The standard InChI is InChI=1S/C23H29ClN8O6S/c1-13(17(35-2)18-25-10-14(24)11-26-18)39(33,34)31-22-30-29-19(15-9-23(15)5-7-38-8-6-23)32(22)16-20(36-3)27-12-28-21(16)37-4/h10-13,15,17H,5-9H2,1-4H3,(H,30,31)/t13-,15-,17-/m0/s1. The quantitative estimate of drug-likeness (QED) is 0.372. The van der Waals surface area contributed by atoms with E-state index in [9.17, 15) is 8.42 Å². The summed E-state index contributed by atoms with van der Waals surface area (Å²) in [4.78, 5) is 16.7. The van der Waals surface area contributed by atoms with Crippen LogP contribution in [-0.2, 0) is 19.5 Å². The molecule has 210 valence electrons. The number of methoxy groups -OCH3 is 3. The number of nitrogens with zero attached hydrogens (tertiary/aromatic N) is 7. The van der Waals surface area contributed by atoms with Gasteiger partial charge in [-0.25, -0.2) is 18.4 Å². The summed E-state index contributed by atoms with van der Waals surface area (Å²) in [6.07, 6.45) is 5.67. The first-order chi connectivity index (χ1) is 18.7. The Labute approximate surface area is 230 Å². The fourth-order valence-corrected chi connectivity index (χ4v) is 6.28. The van der Waals surface area contributed by atoms with E-state index in [1.54, 1.807) is 4.57 Å². The monoisotopic (exact) mass is 580 g/mol. The lowest BCUT2D eigenvalue weighted by atomic mass is 9.93. The summed E-state index contributed by atoms with van der Waals surface area (Å²) in [6.45, 7) is 2.81. The van der Waals surface area contributed by atoms with Crippen LogP contribution in [0.4, 0.5) is 5.95 Å². The topological polar surface area (TPSA) is 165 Å². The van der Waals surface area contributed by atoms with Crippen LogP contribution in [0, 0.1) is 5.41 Å². The first-order valence-electron chi connectivity index (χ1n) is 12.2. The number of sulfonamides is 1. The molecule has 1 saturated carbocycles. The molecule has 16 heteroatoms. The molecule has 0 radical (unpaired) electrons. The summed E-state index contributed by atoms with van der Waals surface area (Å²) in [5, 5.41) is 7.88. The smallest absolute Gasteiger partial charge is 0.245 e. The van der Waals surface area contributed by atoms with Crippen LogP contribution in [0.3, 0.4) is 0 Å². The Kier molecular flexibility index (Phi) is 7.59. The molecular weight excluding hydrogens is 552 g/mol. The van der Waals surface area contributed by atoms with Gasteiger partial charge in [0, 0.05) is 38.6 Å². The first-order valence-corrected chi connectivity index (χ1v) is 14.2. The molecule has 1 saturated heterocycles. The lowest BCUT2D eigenvalue weighted by Gasteiger charge is -2.24. The van der Waals surface area contributed by atoms with Crippen molar-refractivity contribution < 1.29 is 27.4 Å². The Bertz CT molecular complexity index is 1410. The van der Waals surface area contributed by atoms with Gasteiger partial charge in [-0.3, -0.25) is 9.29 Å². The second-order valence-electron chi connectivity index (χ2n) is 9.46. The van der Waals surface area contributed by atoms with Gasteiger partial charge in [0.05, 0.1) is 19.2 Å². The van der Waals surface area contributed by atoms with Gasteiger partial charge in [-0.2, -0.15) is 9.97 Å². The van der Waals surface area contributed by atoms with Gasteiger partial charge in [-0.05, 0) is 31.6 Å². The van der Waals surface area contributed by atoms with E-state index in [1.165, 1.54) is 47.0 Å². The zero-order valence-corrected chi connectivity index (χ0v) is 23.4. The van der Waals surface area contributed by atoms with Gasteiger partial charge in [0.25, 0.3) is 0 Å². The van der Waals surface area contributed by atoms with Crippen molar-refractivity contribution >= 4 is 27.6 Å². The first kappa shape index (κ1) is 27.4. The fraction of sp³-hybridized carbons (Fsp3) is 0.565. The molecule has 1 N–H and O–H groups in total. The summed E-state index contributed by atoms with van der Waals surface area (Å²) < 4.78 is 53.5. The molecular formula is C23H29ClN8O6S. The van der Waals surface area contributed by atoms with Crippen molar-refractivity contribution in [3.05, 3.63) is 35.4 Å². The third-order valence-electron chi connectivity index (χ3n) is 7.34. The number of nitrogens with one attached hydrogen (secondary N) is 1. The minimum absolute atomic E-state index is 0.00957. The highest BCUT2D eigenvalue weighted by Crippen LogP contribution is 2.64. The molecule has 39 heavy (non-hydrogen) atoms. The van der Waals surface area contributed by atoms with Crippen molar-refractivity contribution in [2.24, 2.45) is 5.41 Å². The van der Waals surface area contributed by atoms with Crippen molar-refractivity contribution in [2.45, 2.75) is 43.5 Å². The summed E-state index contributed by atoms with van der Waals surface area (Å²) in [5.41, 5.74) is 0.293. The van der Waals surface area contributed by atoms with Gasteiger partial charge in [0.2, 0.25) is 27.7 Å². The number of hydrogen-bond donors (Lipinski definition) is 1. The summed E-state index contributed by atoms with van der Waals surface area (Å²) in [6, 6.07) is 0. The lowest BCUT2D eigenvalue weighted by Crippen LogP contribution is -2.33. The molecule has 5 rings (SSSR count). The Hall–Kier alpha value is -3.14. The van der Waals surface area contributed by atoms with Crippen molar-refractivity contribution in [3.8, 4) is 17.4 Å². The SMILES string of the molecule is COc1ncnc(OC)c1-n1c(NS(=O)(=O)[C@@H](C)[C@H](OC)c2ncc(Cl)cn2)nnc1[C@@H]1CC12CCOCC2. The van der Waals surface area contributed by atoms with Gasteiger partial charge in [0.15, 0.2) is 11.5 Å². The van der Waals surface area contributed by atoms with Crippen molar-refractivity contribution in [1.29, 1.82) is 0 Å². The third kappa shape index (κ3) is 5.11. The van der Waals surface area contributed by atoms with Crippen LogP contribution < -0.4 is 14.2 Å². The van der Waals surface area contributed by atoms with Gasteiger partial charge < -0.3 is 18.9 Å². The zero-order chi connectivity index (χ0) is 27.8. The van der Waals surface area contributed by atoms with Gasteiger partial charge in [0.1, 0.15) is 23.5 Å². The normalized spacial score (nSPS) is 19.9. The van der Waals surface area contributed by atoms with Gasteiger partial charge >= 0.3 is 0 Å². The Morgan fingerprint density at radius 1 is 1.08 bits per heavy atom. The molecule has 0 amide bonds. The van der Waals surface area contributed by atoms with Crippen molar-refractivity contribution in [3.63, 3.8) is 0 Å². The maximum absolute atomic E-state index is 13.7. The van der Waals surface area contributed by atoms with Crippen LogP contribution >= 0.6 is 11.6 Å². The lowest BCUT2D eigenvalue weighted by molar-refractivity contribution is 0.0553. The average Bonchev–Trinajstić information content (AvgIpc) is 3.47.